The molecule has 0 amide bonds. The van der Waals surface area contributed by atoms with E-state index in [2.05, 4.69) is 12.2 Å². The normalized spacial score (nSPS) is 22.8. The predicted octanol–water partition coefficient (Wildman–Crippen LogP) is 1.44. The van der Waals surface area contributed by atoms with Crippen LogP contribution >= 0.6 is 0 Å². The molecule has 0 aromatic heterocycles. The lowest BCUT2D eigenvalue weighted by Crippen LogP contribution is -2.16. The van der Waals surface area contributed by atoms with Crippen LogP contribution in [0.3, 0.4) is 0 Å². The van der Waals surface area contributed by atoms with Gasteiger partial charge in [0, 0.05) is 17.4 Å². The quantitative estimate of drug-likeness (QED) is 0.720. The van der Waals surface area contributed by atoms with Crippen LogP contribution in [0.2, 0.25) is 0 Å². The summed E-state index contributed by atoms with van der Waals surface area (Å²) in [4.78, 5) is 0.0960. The zero-order valence-electron chi connectivity index (χ0n) is 10.6. The average Bonchev–Trinajstić information content (AvgIpc) is 3.00. The number of benzene rings is 1. The third kappa shape index (κ3) is 2.59. The third-order valence-corrected chi connectivity index (χ3v) is 4.51. The van der Waals surface area contributed by atoms with Crippen LogP contribution in [0.4, 0.5) is 11.4 Å². The summed E-state index contributed by atoms with van der Waals surface area (Å²) in [6.45, 7) is 3.89. The molecule has 2 rings (SSSR count). The largest absolute Gasteiger partial charge is 0.399 e. The van der Waals surface area contributed by atoms with E-state index in [0.29, 0.717) is 23.2 Å². The van der Waals surface area contributed by atoms with Crippen molar-refractivity contribution in [3.8, 4) is 0 Å². The van der Waals surface area contributed by atoms with Gasteiger partial charge in [0.05, 0.1) is 4.90 Å². The zero-order valence-corrected chi connectivity index (χ0v) is 11.4. The molecule has 1 aromatic carbocycles. The second kappa shape index (κ2) is 4.44. The van der Waals surface area contributed by atoms with Crippen molar-refractivity contribution in [1.82, 2.24) is 0 Å². The molecule has 1 aromatic rings. The van der Waals surface area contributed by atoms with E-state index in [1.165, 1.54) is 6.07 Å². The van der Waals surface area contributed by atoms with E-state index in [4.69, 9.17) is 10.9 Å². The highest BCUT2D eigenvalue weighted by molar-refractivity contribution is 7.89. The van der Waals surface area contributed by atoms with Crippen LogP contribution in [0.25, 0.3) is 0 Å². The Bertz CT molecular complexity index is 569. The van der Waals surface area contributed by atoms with E-state index in [0.717, 1.165) is 18.5 Å². The fourth-order valence-electron chi connectivity index (χ4n) is 2.23. The van der Waals surface area contributed by atoms with Gasteiger partial charge in [-0.25, -0.2) is 13.6 Å². The molecule has 0 heterocycles. The van der Waals surface area contributed by atoms with Gasteiger partial charge in [0.15, 0.2) is 0 Å². The fourth-order valence-corrected chi connectivity index (χ4v) is 3.07. The maximum absolute atomic E-state index is 11.5. The number of rotatable bonds is 4. The molecule has 1 saturated carbocycles. The van der Waals surface area contributed by atoms with Gasteiger partial charge in [-0.15, -0.1) is 0 Å². The molecule has 0 spiro atoms. The minimum atomic E-state index is -3.73. The van der Waals surface area contributed by atoms with Crippen LogP contribution in [0.1, 0.15) is 25.3 Å². The summed E-state index contributed by atoms with van der Waals surface area (Å²) in [5.41, 5.74) is 7.53. The Hall–Kier alpha value is -1.27. The first kappa shape index (κ1) is 13.2. The van der Waals surface area contributed by atoms with Crippen molar-refractivity contribution in [2.24, 2.45) is 11.1 Å². The molecule has 0 bridgehead atoms. The fraction of sp³-hybridized carbons (Fsp3) is 0.500. The Kier molecular flexibility index (Phi) is 3.25. The molecule has 1 aliphatic rings. The summed E-state index contributed by atoms with van der Waals surface area (Å²) >= 11 is 0. The lowest BCUT2D eigenvalue weighted by atomic mass is 10.1. The molecular weight excluding hydrogens is 250 g/mol. The van der Waals surface area contributed by atoms with Gasteiger partial charge in [0.2, 0.25) is 10.0 Å². The van der Waals surface area contributed by atoms with Gasteiger partial charge in [-0.1, -0.05) is 13.3 Å². The summed E-state index contributed by atoms with van der Waals surface area (Å²) in [6.07, 6.45) is 2.25. The highest BCUT2D eigenvalue weighted by Gasteiger charge is 2.35. The van der Waals surface area contributed by atoms with Crippen LogP contribution in [0, 0.1) is 12.8 Å². The topological polar surface area (TPSA) is 98.2 Å². The predicted molar refractivity (Wildman–Crippen MR) is 72.8 cm³/mol. The summed E-state index contributed by atoms with van der Waals surface area (Å²) in [6, 6.07) is 3.58. The average molecular weight is 269 g/mol. The third-order valence-electron chi connectivity index (χ3n) is 3.48. The van der Waals surface area contributed by atoms with Crippen molar-refractivity contribution in [1.29, 1.82) is 0 Å². The second-order valence-electron chi connectivity index (χ2n) is 4.89. The van der Waals surface area contributed by atoms with Gasteiger partial charge in [0.25, 0.3) is 0 Å². The molecule has 6 heteroatoms. The van der Waals surface area contributed by atoms with E-state index in [1.807, 2.05) is 0 Å². The Morgan fingerprint density at radius 3 is 2.61 bits per heavy atom. The summed E-state index contributed by atoms with van der Waals surface area (Å²) in [5, 5.41) is 8.52. The van der Waals surface area contributed by atoms with E-state index in [9.17, 15) is 8.42 Å². The van der Waals surface area contributed by atoms with Gasteiger partial charge < -0.3 is 11.1 Å². The number of sulfonamides is 1. The molecule has 18 heavy (non-hydrogen) atoms. The number of nitrogens with two attached hydrogens (primary N) is 2. The molecule has 2 atom stereocenters. The van der Waals surface area contributed by atoms with Gasteiger partial charge >= 0.3 is 0 Å². The number of anilines is 2. The van der Waals surface area contributed by atoms with Crippen LogP contribution in [-0.2, 0) is 10.0 Å². The summed E-state index contributed by atoms with van der Waals surface area (Å²) in [5.74, 6) is 0.670. The zero-order chi connectivity index (χ0) is 13.5. The highest BCUT2D eigenvalue weighted by atomic mass is 32.2. The number of nitrogens with one attached hydrogen (secondary N) is 1. The minimum absolute atomic E-state index is 0.0960. The number of nitrogen functional groups attached to an aromatic ring is 1. The molecule has 0 radical (unpaired) electrons. The van der Waals surface area contributed by atoms with E-state index in [-0.39, 0.29) is 4.90 Å². The molecule has 1 aliphatic carbocycles. The first-order valence-corrected chi connectivity index (χ1v) is 7.57. The molecule has 5 N–H and O–H groups in total. The van der Waals surface area contributed by atoms with Crippen molar-refractivity contribution >= 4 is 21.4 Å². The van der Waals surface area contributed by atoms with E-state index < -0.39 is 10.0 Å². The Morgan fingerprint density at radius 1 is 1.44 bits per heavy atom. The smallest absolute Gasteiger partial charge is 0.238 e. The maximum Gasteiger partial charge on any atom is 0.238 e. The number of primary sulfonamides is 1. The van der Waals surface area contributed by atoms with Crippen LogP contribution in [0.5, 0.6) is 0 Å². The Balaban J connectivity index is 2.34. The molecular formula is C12H19N3O2S. The number of hydrogen-bond acceptors (Lipinski definition) is 4. The van der Waals surface area contributed by atoms with Crippen LogP contribution < -0.4 is 16.2 Å². The first-order chi connectivity index (χ1) is 8.32. The lowest BCUT2D eigenvalue weighted by Gasteiger charge is -2.13. The molecule has 0 aliphatic heterocycles. The van der Waals surface area contributed by atoms with Gasteiger partial charge in [0.1, 0.15) is 0 Å². The number of hydrogen-bond donors (Lipinski definition) is 3. The van der Waals surface area contributed by atoms with Gasteiger partial charge in [-0.3, -0.25) is 0 Å². The van der Waals surface area contributed by atoms with E-state index >= 15 is 0 Å². The van der Waals surface area contributed by atoms with Crippen molar-refractivity contribution in [3.05, 3.63) is 17.7 Å². The minimum Gasteiger partial charge on any atom is -0.399 e. The van der Waals surface area contributed by atoms with Crippen LogP contribution in [-0.4, -0.2) is 14.5 Å². The Morgan fingerprint density at radius 2 is 2.11 bits per heavy atom. The van der Waals surface area contributed by atoms with Crippen molar-refractivity contribution in [3.63, 3.8) is 0 Å². The van der Waals surface area contributed by atoms with E-state index in [1.54, 1.807) is 13.0 Å². The maximum atomic E-state index is 11.5. The van der Waals surface area contributed by atoms with Crippen molar-refractivity contribution in [2.45, 2.75) is 37.6 Å². The van der Waals surface area contributed by atoms with Gasteiger partial charge in [-0.05, 0) is 37.0 Å². The molecule has 2 unspecified atom stereocenters. The molecule has 100 valence electrons. The highest BCUT2D eigenvalue weighted by Crippen LogP contribution is 2.38. The SMILES string of the molecule is CCC1CC1Nc1cc(N)cc(S(N)(=O)=O)c1C. The molecule has 1 fully saturated rings. The van der Waals surface area contributed by atoms with Gasteiger partial charge in [-0.2, -0.15) is 0 Å². The Labute approximate surface area is 108 Å². The summed E-state index contributed by atoms with van der Waals surface area (Å²) in [7, 11) is -3.73. The second-order valence-corrected chi connectivity index (χ2v) is 6.42. The molecule has 0 saturated heterocycles. The lowest BCUT2D eigenvalue weighted by molar-refractivity contribution is 0.597. The van der Waals surface area contributed by atoms with Crippen molar-refractivity contribution < 1.29 is 8.42 Å². The monoisotopic (exact) mass is 269 g/mol. The summed E-state index contributed by atoms with van der Waals surface area (Å²) < 4.78 is 22.9. The van der Waals surface area contributed by atoms with Crippen molar-refractivity contribution in [2.75, 3.05) is 11.1 Å². The standard InChI is InChI=1S/C12H19N3O2S/c1-3-8-4-11(8)15-10-5-9(13)6-12(7(10)2)18(14,16)17/h5-6,8,11,15H,3-4,13H2,1-2H3,(H2,14,16,17). The first-order valence-electron chi connectivity index (χ1n) is 6.02. The molecule has 5 nitrogen and oxygen atoms in total. The van der Waals surface area contributed by atoms with Crippen LogP contribution in [0.15, 0.2) is 17.0 Å².